The number of ketones is 1. The van der Waals surface area contributed by atoms with E-state index in [1.807, 2.05) is 42.5 Å². The second-order valence-electron chi connectivity index (χ2n) is 5.64. The zero-order chi connectivity index (χ0) is 14.0. The van der Waals surface area contributed by atoms with Gasteiger partial charge < -0.3 is 5.73 Å². The fourth-order valence-electron chi connectivity index (χ4n) is 2.97. The summed E-state index contributed by atoms with van der Waals surface area (Å²) in [5.74, 6) is 0.0922. The Morgan fingerprint density at radius 3 is 2.00 bits per heavy atom. The molecule has 0 aromatic heterocycles. The average molecular weight is 265 g/mol. The first kappa shape index (κ1) is 13.1. The summed E-state index contributed by atoms with van der Waals surface area (Å²) in [7, 11) is 0. The molecule has 0 saturated heterocycles. The molecule has 0 amide bonds. The molecule has 2 nitrogen and oxygen atoms in total. The van der Waals surface area contributed by atoms with E-state index >= 15 is 0 Å². The largest absolute Gasteiger partial charge is 0.319 e. The van der Waals surface area contributed by atoms with Gasteiger partial charge in [0.2, 0.25) is 0 Å². The van der Waals surface area contributed by atoms with Gasteiger partial charge in [-0.05, 0) is 24.0 Å². The lowest BCUT2D eigenvalue weighted by Crippen LogP contribution is -2.45. The van der Waals surface area contributed by atoms with Gasteiger partial charge in [-0.1, -0.05) is 67.4 Å². The van der Waals surface area contributed by atoms with Crippen LogP contribution >= 0.6 is 0 Å². The molecule has 0 atom stereocenters. The molecule has 3 rings (SSSR count). The van der Waals surface area contributed by atoms with Gasteiger partial charge in [-0.3, -0.25) is 4.79 Å². The lowest BCUT2D eigenvalue weighted by molar-refractivity contribution is 0.0892. The predicted octanol–water partition coefficient (Wildman–Crippen LogP) is 3.81. The van der Waals surface area contributed by atoms with Crippen LogP contribution in [0.5, 0.6) is 0 Å². The molecule has 2 aromatic rings. The van der Waals surface area contributed by atoms with Crippen LogP contribution in [0.2, 0.25) is 0 Å². The zero-order valence-corrected chi connectivity index (χ0v) is 11.5. The summed E-state index contributed by atoms with van der Waals surface area (Å²) in [4.78, 5) is 12.5. The van der Waals surface area contributed by atoms with E-state index in [1.54, 1.807) is 0 Å². The molecule has 20 heavy (non-hydrogen) atoms. The summed E-state index contributed by atoms with van der Waals surface area (Å²) in [6.07, 6.45) is 3.74. The predicted molar refractivity (Wildman–Crippen MR) is 81.6 cm³/mol. The molecule has 1 fully saturated rings. The summed E-state index contributed by atoms with van der Waals surface area (Å²) in [6.45, 7) is 0. The summed E-state index contributed by atoms with van der Waals surface area (Å²) >= 11 is 0. The van der Waals surface area contributed by atoms with E-state index in [2.05, 4.69) is 12.1 Å². The maximum absolute atomic E-state index is 12.5. The van der Waals surface area contributed by atoms with Crippen LogP contribution in [-0.2, 0) is 0 Å². The zero-order valence-electron chi connectivity index (χ0n) is 11.5. The topological polar surface area (TPSA) is 43.1 Å². The quantitative estimate of drug-likeness (QED) is 0.858. The normalized spacial score (nSPS) is 17.1. The van der Waals surface area contributed by atoms with Crippen LogP contribution in [0.15, 0.2) is 54.6 Å². The molecule has 2 heteroatoms. The fraction of sp³-hybridized carbons (Fsp3) is 0.278. The highest BCUT2D eigenvalue weighted by Gasteiger charge is 2.37. The highest BCUT2D eigenvalue weighted by atomic mass is 16.1. The number of rotatable bonds is 3. The van der Waals surface area contributed by atoms with Crippen molar-refractivity contribution in [1.29, 1.82) is 0 Å². The SMILES string of the molecule is NC1(C(=O)c2ccc(-c3ccccc3)cc2)CCCC1. The number of Topliss-reactive ketones (excluding diaryl/α,β-unsaturated/α-hetero) is 1. The Kier molecular flexibility index (Phi) is 3.41. The molecule has 2 N–H and O–H groups in total. The van der Waals surface area contributed by atoms with Gasteiger partial charge in [0.1, 0.15) is 0 Å². The third-order valence-electron chi connectivity index (χ3n) is 4.20. The second kappa shape index (κ2) is 5.22. The Morgan fingerprint density at radius 2 is 1.40 bits per heavy atom. The van der Waals surface area contributed by atoms with E-state index in [1.165, 1.54) is 0 Å². The van der Waals surface area contributed by atoms with Gasteiger partial charge in [0.05, 0.1) is 5.54 Å². The van der Waals surface area contributed by atoms with Crippen LogP contribution in [0.3, 0.4) is 0 Å². The lowest BCUT2D eigenvalue weighted by Gasteiger charge is -2.21. The van der Waals surface area contributed by atoms with Gasteiger partial charge >= 0.3 is 0 Å². The number of nitrogens with two attached hydrogens (primary N) is 1. The Labute approximate surface area is 119 Å². The van der Waals surface area contributed by atoms with Gasteiger partial charge in [0, 0.05) is 5.56 Å². The maximum atomic E-state index is 12.5. The molecule has 0 spiro atoms. The Hall–Kier alpha value is -1.93. The molecular formula is C18H19NO. The summed E-state index contributed by atoms with van der Waals surface area (Å²) in [5, 5.41) is 0. The molecule has 102 valence electrons. The molecule has 0 aliphatic heterocycles. The van der Waals surface area contributed by atoms with E-state index in [4.69, 9.17) is 5.73 Å². The van der Waals surface area contributed by atoms with Gasteiger partial charge in [-0.25, -0.2) is 0 Å². The Balaban J connectivity index is 1.85. The van der Waals surface area contributed by atoms with Crippen LogP contribution in [0.25, 0.3) is 11.1 Å². The number of carbonyl (C=O) groups is 1. The molecule has 0 radical (unpaired) electrons. The number of hydrogen-bond donors (Lipinski definition) is 1. The minimum atomic E-state index is -0.631. The molecule has 1 aliphatic carbocycles. The minimum Gasteiger partial charge on any atom is -0.319 e. The average Bonchev–Trinajstić information content (AvgIpc) is 2.96. The van der Waals surface area contributed by atoms with Crippen molar-refractivity contribution in [2.75, 3.05) is 0 Å². The van der Waals surface area contributed by atoms with Crippen molar-refractivity contribution in [3.8, 4) is 11.1 Å². The van der Waals surface area contributed by atoms with Crippen molar-refractivity contribution in [2.24, 2.45) is 5.73 Å². The number of benzene rings is 2. The monoisotopic (exact) mass is 265 g/mol. The van der Waals surface area contributed by atoms with E-state index in [9.17, 15) is 4.79 Å². The highest BCUT2D eigenvalue weighted by molar-refractivity contribution is 6.03. The molecule has 0 unspecified atom stereocenters. The molecular weight excluding hydrogens is 246 g/mol. The van der Waals surface area contributed by atoms with E-state index in [0.29, 0.717) is 0 Å². The highest BCUT2D eigenvalue weighted by Crippen LogP contribution is 2.31. The van der Waals surface area contributed by atoms with Crippen LogP contribution in [0, 0.1) is 0 Å². The van der Waals surface area contributed by atoms with Gasteiger partial charge in [0.25, 0.3) is 0 Å². The van der Waals surface area contributed by atoms with Crippen molar-refractivity contribution in [3.63, 3.8) is 0 Å². The van der Waals surface area contributed by atoms with E-state index in [-0.39, 0.29) is 5.78 Å². The molecule has 0 heterocycles. The first-order chi connectivity index (χ1) is 9.69. The van der Waals surface area contributed by atoms with Crippen LogP contribution in [0.4, 0.5) is 0 Å². The van der Waals surface area contributed by atoms with Crippen molar-refractivity contribution in [1.82, 2.24) is 0 Å². The fourth-order valence-corrected chi connectivity index (χ4v) is 2.97. The smallest absolute Gasteiger partial charge is 0.182 e. The maximum Gasteiger partial charge on any atom is 0.182 e. The van der Waals surface area contributed by atoms with Gasteiger partial charge in [-0.15, -0.1) is 0 Å². The third kappa shape index (κ3) is 2.39. The van der Waals surface area contributed by atoms with Gasteiger partial charge in [0.15, 0.2) is 5.78 Å². The van der Waals surface area contributed by atoms with E-state index < -0.39 is 5.54 Å². The minimum absolute atomic E-state index is 0.0922. The second-order valence-corrected chi connectivity index (χ2v) is 5.64. The molecule has 2 aromatic carbocycles. The first-order valence-corrected chi connectivity index (χ1v) is 7.18. The number of hydrogen-bond acceptors (Lipinski definition) is 2. The summed E-state index contributed by atoms with van der Waals surface area (Å²) < 4.78 is 0. The molecule has 1 saturated carbocycles. The molecule has 0 bridgehead atoms. The van der Waals surface area contributed by atoms with Crippen LogP contribution < -0.4 is 5.73 Å². The Bertz CT molecular complexity index is 595. The van der Waals surface area contributed by atoms with E-state index in [0.717, 1.165) is 42.4 Å². The Morgan fingerprint density at radius 1 is 0.850 bits per heavy atom. The lowest BCUT2D eigenvalue weighted by atomic mass is 9.88. The summed E-state index contributed by atoms with van der Waals surface area (Å²) in [5.41, 5.74) is 8.62. The van der Waals surface area contributed by atoms with Gasteiger partial charge in [-0.2, -0.15) is 0 Å². The summed E-state index contributed by atoms with van der Waals surface area (Å²) in [6, 6.07) is 18.0. The van der Waals surface area contributed by atoms with Crippen molar-refractivity contribution in [2.45, 2.75) is 31.2 Å². The van der Waals surface area contributed by atoms with Crippen molar-refractivity contribution in [3.05, 3.63) is 60.2 Å². The van der Waals surface area contributed by atoms with Crippen molar-refractivity contribution >= 4 is 5.78 Å². The standard InChI is InChI=1S/C18H19NO/c19-18(12-4-5-13-18)17(20)16-10-8-15(9-11-16)14-6-2-1-3-7-14/h1-3,6-11H,4-5,12-13,19H2. The first-order valence-electron chi connectivity index (χ1n) is 7.18. The van der Waals surface area contributed by atoms with Crippen LogP contribution in [-0.4, -0.2) is 11.3 Å². The number of carbonyl (C=O) groups excluding carboxylic acids is 1. The van der Waals surface area contributed by atoms with Crippen LogP contribution in [0.1, 0.15) is 36.0 Å². The third-order valence-corrected chi connectivity index (χ3v) is 4.20. The van der Waals surface area contributed by atoms with Crippen molar-refractivity contribution < 1.29 is 4.79 Å². The molecule has 1 aliphatic rings.